The van der Waals surface area contributed by atoms with Gasteiger partial charge < -0.3 is 4.57 Å². The number of hydrogen-bond acceptors (Lipinski definition) is 3. The van der Waals surface area contributed by atoms with E-state index < -0.39 is 4.92 Å². The molecule has 5 heteroatoms. The molecule has 0 aliphatic carbocycles. The van der Waals surface area contributed by atoms with Crippen molar-refractivity contribution in [1.82, 2.24) is 4.57 Å². The molecule has 21 heavy (non-hydrogen) atoms. The van der Waals surface area contributed by atoms with Gasteiger partial charge in [0.1, 0.15) is 0 Å². The highest BCUT2D eigenvalue weighted by atomic mass is 16.6. The lowest BCUT2D eigenvalue weighted by Crippen LogP contribution is -2.25. The van der Waals surface area contributed by atoms with Crippen molar-refractivity contribution in [3.05, 3.63) is 50.9 Å². The minimum Gasteiger partial charge on any atom is -0.312 e. The number of nitro benzene ring substituents is 1. The Morgan fingerprint density at radius 2 is 1.95 bits per heavy atom. The fourth-order valence-electron chi connectivity index (χ4n) is 2.74. The third-order valence-electron chi connectivity index (χ3n) is 3.75. The van der Waals surface area contributed by atoms with Crippen molar-refractivity contribution in [3.8, 4) is 0 Å². The molecule has 1 heterocycles. The van der Waals surface area contributed by atoms with Crippen molar-refractivity contribution in [2.45, 2.75) is 39.7 Å². The Kier molecular flexibility index (Phi) is 4.40. The number of aromatic nitrogens is 1. The standard InChI is InChI=1S/C16H20N2O3/c1-4-12(10-11(2)3)17-9-8-13-14(16(17)19)6-5-7-15(13)18(20)21/h5-9,11-12H,4,10H2,1-3H3. The van der Waals surface area contributed by atoms with Gasteiger partial charge in [-0.1, -0.05) is 26.8 Å². The van der Waals surface area contributed by atoms with Crippen molar-refractivity contribution >= 4 is 16.5 Å². The van der Waals surface area contributed by atoms with Crippen LogP contribution in [0.15, 0.2) is 35.3 Å². The summed E-state index contributed by atoms with van der Waals surface area (Å²) in [5, 5.41) is 11.9. The minimum absolute atomic E-state index is 0.0198. The summed E-state index contributed by atoms with van der Waals surface area (Å²) < 4.78 is 1.71. The second-order valence-electron chi connectivity index (χ2n) is 5.72. The third-order valence-corrected chi connectivity index (χ3v) is 3.75. The molecule has 0 radical (unpaired) electrons. The Morgan fingerprint density at radius 3 is 2.52 bits per heavy atom. The van der Waals surface area contributed by atoms with Gasteiger partial charge in [-0.2, -0.15) is 0 Å². The van der Waals surface area contributed by atoms with Gasteiger partial charge in [0, 0.05) is 18.3 Å². The predicted octanol–water partition coefficient (Wildman–Crippen LogP) is 3.91. The summed E-state index contributed by atoms with van der Waals surface area (Å²) in [5.74, 6) is 0.489. The Labute approximate surface area is 123 Å². The normalized spacial score (nSPS) is 12.8. The predicted molar refractivity (Wildman–Crippen MR) is 83.6 cm³/mol. The van der Waals surface area contributed by atoms with Crippen LogP contribution < -0.4 is 5.56 Å². The van der Waals surface area contributed by atoms with Gasteiger partial charge in [0.2, 0.25) is 0 Å². The van der Waals surface area contributed by atoms with E-state index in [2.05, 4.69) is 20.8 Å². The van der Waals surface area contributed by atoms with E-state index in [1.54, 1.807) is 29.0 Å². The molecule has 0 amide bonds. The van der Waals surface area contributed by atoms with E-state index in [1.165, 1.54) is 6.07 Å². The molecular formula is C16H20N2O3. The number of nitro groups is 1. The summed E-state index contributed by atoms with van der Waals surface area (Å²) in [4.78, 5) is 23.2. The van der Waals surface area contributed by atoms with Crippen molar-refractivity contribution < 1.29 is 4.92 Å². The van der Waals surface area contributed by atoms with Crippen molar-refractivity contribution in [2.75, 3.05) is 0 Å². The van der Waals surface area contributed by atoms with Crippen LogP contribution in [0, 0.1) is 16.0 Å². The van der Waals surface area contributed by atoms with Gasteiger partial charge in [-0.25, -0.2) is 0 Å². The quantitative estimate of drug-likeness (QED) is 0.619. The maximum atomic E-state index is 12.6. The first-order valence-corrected chi connectivity index (χ1v) is 7.24. The zero-order valence-corrected chi connectivity index (χ0v) is 12.6. The molecule has 1 aromatic heterocycles. The minimum atomic E-state index is -0.447. The second-order valence-corrected chi connectivity index (χ2v) is 5.72. The van der Waals surface area contributed by atoms with Crippen LogP contribution in [0.1, 0.15) is 39.7 Å². The van der Waals surface area contributed by atoms with Crippen LogP contribution in [0.3, 0.4) is 0 Å². The molecule has 1 atom stereocenters. The summed E-state index contributed by atoms with van der Waals surface area (Å²) in [6.45, 7) is 6.30. The number of rotatable bonds is 5. The number of benzene rings is 1. The first kappa shape index (κ1) is 15.2. The second kappa shape index (κ2) is 6.08. The zero-order chi connectivity index (χ0) is 15.6. The molecule has 0 spiro atoms. The van der Waals surface area contributed by atoms with Crippen LogP contribution in [-0.2, 0) is 0 Å². The van der Waals surface area contributed by atoms with Gasteiger partial charge in [-0.15, -0.1) is 0 Å². The van der Waals surface area contributed by atoms with E-state index in [9.17, 15) is 14.9 Å². The molecule has 2 aromatic rings. The SMILES string of the molecule is CCC(CC(C)C)n1ccc2c([N+](=O)[O-])cccc2c1=O. The smallest absolute Gasteiger partial charge is 0.277 e. The van der Waals surface area contributed by atoms with Crippen LogP contribution in [0.25, 0.3) is 10.8 Å². The molecule has 0 aliphatic rings. The Balaban J connectivity index is 2.62. The van der Waals surface area contributed by atoms with Crippen molar-refractivity contribution in [1.29, 1.82) is 0 Å². The summed E-state index contributed by atoms with van der Waals surface area (Å²) in [7, 11) is 0. The lowest BCUT2D eigenvalue weighted by Gasteiger charge is -2.20. The summed E-state index contributed by atoms with van der Waals surface area (Å²) >= 11 is 0. The van der Waals surface area contributed by atoms with Crippen LogP contribution in [0.2, 0.25) is 0 Å². The number of hydrogen-bond donors (Lipinski definition) is 0. The van der Waals surface area contributed by atoms with Gasteiger partial charge in [0.15, 0.2) is 0 Å². The maximum Gasteiger partial charge on any atom is 0.277 e. The zero-order valence-electron chi connectivity index (χ0n) is 12.6. The highest BCUT2D eigenvalue weighted by molar-refractivity contribution is 5.89. The number of nitrogens with zero attached hydrogens (tertiary/aromatic N) is 2. The highest BCUT2D eigenvalue weighted by Gasteiger charge is 2.17. The van der Waals surface area contributed by atoms with E-state index in [0.717, 1.165) is 12.8 Å². The molecule has 1 aromatic carbocycles. The lowest BCUT2D eigenvalue weighted by molar-refractivity contribution is -0.383. The van der Waals surface area contributed by atoms with Crippen LogP contribution >= 0.6 is 0 Å². The van der Waals surface area contributed by atoms with Crippen molar-refractivity contribution in [2.24, 2.45) is 5.92 Å². The van der Waals surface area contributed by atoms with Crippen LogP contribution in [0.4, 0.5) is 5.69 Å². The monoisotopic (exact) mass is 288 g/mol. The maximum absolute atomic E-state index is 12.6. The van der Waals surface area contributed by atoms with Crippen LogP contribution in [0.5, 0.6) is 0 Å². The van der Waals surface area contributed by atoms with E-state index in [-0.39, 0.29) is 17.3 Å². The van der Waals surface area contributed by atoms with Crippen molar-refractivity contribution in [3.63, 3.8) is 0 Å². The van der Waals surface area contributed by atoms with Crippen LogP contribution in [-0.4, -0.2) is 9.49 Å². The van der Waals surface area contributed by atoms with Gasteiger partial charge >= 0.3 is 0 Å². The summed E-state index contributed by atoms with van der Waals surface area (Å²) in [6.07, 6.45) is 3.46. The summed E-state index contributed by atoms with van der Waals surface area (Å²) in [6, 6.07) is 6.45. The first-order valence-electron chi connectivity index (χ1n) is 7.24. The van der Waals surface area contributed by atoms with E-state index in [1.807, 2.05) is 0 Å². The fraction of sp³-hybridized carbons (Fsp3) is 0.438. The lowest BCUT2D eigenvalue weighted by atomic mass is 10.0. The Hall–Kier alpha value is -2.17. The average Bonchev–Trinajstić information content (AvgIpc) is 2.44. The van der Waals surface area contributed by atoms with Gasteiger partial charge in [0.25, 0.3) is 11.2 Å². The highest BCUT2D eigenvalue weighted by Crippen LogP contribution is 2.25. The molecular weight excluding hydrogens is 268 g/mol. The molecule has 0 saturated heterocycles. The molecule has 0 saturated carbocycles. The summed E-state index contributed by atoms with van der Waals surface area (Å²) in [5.41, 5.74) is -0.169. The number of fused-ring (bicyclic) bond motifs is 1. The average molecular weight is 288 g/mol. The fourth-order valence-corrected chi connectivity index (χ4v) is 2.74. The molecule has 0 bridgehead atoms. The largest absolute Gasteiger partial charge is 0.312 e. The molecule has 2 rings (SSSR count). The Bertz CT molecular complexity index is 719. The molecule has 0 N–H and O–H groups in total. The van der Waals surface area contributed by atoms with Gasteiger partial charge in [-0.3, -0.25) is 14.9 Å². The molecule has 0 fully saturated rings. The van der Waals surface area contributed by atoms with E-state index >= 15 is 0 Å². The molecule has 112 valence electrons. The molecule has 5 nitrogen and oxygen atoms in total. The first-order chi connectivity index (χ1) is 9.95. The molecule has 0 aliphatic heterocycles. The topological polar surface area (TPSA) is 65.1 Å². The number of non-ortho nitro benzene ring substituents is 1. The van der Waals surface area contributed by atoms with Gasteiger partial charge in [0.05, 0.1) is 15.7 Å². The van der Waals surface area contributed by atoms with E-state index in [0.29, 0.717) is 16.7 Å². The molecule has 1 unspecified atom stereocenters. The van der Waals surface area contributed by atoms with E-state index in [4.69, 9.17) is 0 Å². The number of pyridine rings is 1. The third kappa shape index (κ3) is 2.96. The van der Waals surface area contributed by atoms with Gasteiger partial charge in [-0.05, 0) is 30.9 Å². The Morgan fingerprint density at radius 1 is 1.24 bits per heavy atom.